The van der Waals surface area contributed by atoms with Crippen LogP contribution in [0.1, 0.15) is 44.3 Å². The van der Waals surface area contributed by atoms with Gasteiger partial charge in [0, 0.05) is 25.6 Å². The molecule has 0 spiro atoms. The Morgan fingerprint density at radius 2 is 2.20 bits per heavy atom. The molecule has 2 rings (SSSR count). The second-order valence-corrected chi connectivity index (χ2v) is 6.83. The van der Waals surface area contributed by atoms with Crippen LogP contribution in [0.3, 0.4) is 0 Å². The van der Waals surface area contributed by atoms with Crippen LogP contribution in [0.4, 0.5) is 0 Å². The fourth-order valence-corrected chi connectivity index (χ4v) is 2.96. The van der Waals surface area contributed by atoms with E-state index < -0.39 is 0 Å². The molecule has 0 saturated heterocycles. The summed E-state index contributed by atoms with van der Waals surface area (Å²) in [6.45, 7) is 9.55. The monoisotopic (exact) mass is 462 g/mol. The molecule has 1 fully saturated rings. The number of hydrogen-bond acceptors (Lipinski definition) is 4. The standard InChI is InChI=1S/C17H30N6O.HI/c1-5-10-18-16(19-11-15-22-21-13(2)23(15)4)20-12-17(3)9-7-6-8-14(17)24;/h5,14,24H,1,6-12H2,2-4H3,(H2,18,19,20);1H. The van der Waals surface area contributed by atoms with Gasteiger partial charge in [-0.1, -0.05) is 25.8 Å². The maximum Gasteiger partial charge on any atom is 0.191 e. The van der Waals surface area contributed by atoms with E-state index in [1.165, 1.54) is 6.42 Å². The van der Waals surface area contributed by atoms with Gasteiger partial charge in [0.2, 0.25) is 0 Å². The van der Waals surface area contributed by atoms with Crippen molar-refractivity contribution < 1.29 is 5.11 Å². The summed E-state index contributed by atoms with van der Waals surface area (Å²) >= 11 is 0. The quantitative estimate of drug-likeness (QED) is 0.260. The van der Waals surface area contributed by atoms with Crippen LogP contribution < -0.4 is 10.6 Å². The first kappa shape index (κ1) is 21.9. The van der Waals surface area contributed by atoms with Crippen LogP contribution in [0.2, 0.25) is 0 Å². The average Bonchev–Trinajstić information content (AvgIpc) is 2.89. The molecule has 1 aliphatic carbocycles. The fraction of sp³-hybridized carbons (Fsp3) is 0.706. The van der Waals surface area contributed by atoms with Gasteiger partial charge >= 0.3 is 0 Å². The third kappa shape index (κ3) is 5.95. The molecule has 0 bridgehead atoms. The average molecular weight is 462 g/mol. The number of aliphatic hydroxyl groups excluding tert-OH is 1. The first-order chi connectivity index (χ1) is 11.5. The van der Waals surface area contributed by atoms with E-state index in [4.69, 9.17) is 0 Å². The second-order valence-electron chi connectivity index (χ2n) is 6.83. The predicted molar refractivity (Wildman–Crippen MR) is 111 cm³/mol. The summed E-state index contributed by atoms with van der Waals surface area (Å²) < 4.78 is 1.93. The molecule has 8 heteroatoms. The van der Waals surface area contributed by atoms with E-state index in [1.807, 2.05) is 18.5 Å². The molecule has 7 nitrogen and oxygen atoms in total. The van der Waals surface area contributed by atoms with Gasteiger partial charge in [0.1, 0.15) is 12.4 Å². The molecule has 1 saturated carbocycles. The number of hydrogen-bond donors (Lipinski definition) is 3. The number of aromatic nitrogens is 3. The molecule has 142 valence electrons. The van der Waals surface area contributed by atoms with E-state index in [9.17, 15) is 5.11 Å². The highest BCUT2D eigenvalue weighted by Crippen LogP contribution is 2.35. The van der Waals surface area contributed by atoms with Crippen molar-refractivity contribution in [1.82, 2.24) is 25.4 Å². The zero-order chi connectivity index (χ0) is 17.6. The van der Waals surface area contributed by atoms with Gasteiger partial charge in [0.05, 0.1) is 6.10 Å². The second kappa shape index (κ2) is 10.1. The van der Waals surface area contributed by atoms with E-state index in [-0.39, 0.29) is 35.5 Å². The molecule has 1 aliphatic rings. The summed E-state index contributed by atoms with van der Waals surface area (Å²) in [7, 11) is 1.93. The van der Waals surface area contributed by atoms with Crippen molar-refractivity contribution in [2.24, 2.45) is 17.5 Å². The Morgan fingerprint density at radius 3 is 2.80 bits per heavy atom. The summed E-state index contributed by atoms with van der Waals surface area (Å²) in [4.78, 5) is 4.59. The fourth-order valence-electron chi connectivity index (χ4n) is 2.96. The van der Waals surface area contributed by atoms with Gasteiger partial charge in [-0.15, -0.1) is 40.8 Å². The first-order valence-electron chi connectivity index (χ1n) is 8.62. The molecule has 25 heavy (non-hydrogen) atoms. The third-order valence-corrected chi connectivity index (χ3v) is 4.91. The number of nitrogens with one attached hydrogen (secondary N) is 2. The smallest absolute Gasteiger partial charge is 0.191 e. The van der Waals surface area contributed by atoms with Gasteiger partial charge in [0.25, 0.3) is 0 Å². The van der Waals surface area contributed by atoms with Crippen molar-refractivity contribution >= 4 is 29.9 Å². The molecule has 2 unspecified atom stereocenters. The lowest BCUT2D eigenvalue weighted by Gasteiger charge is -2.38. The Morgan fingerprint density at radius 1 is 1.44 bits per heavy atom. The molecule has 1 heterocycles. The molecule has 1 aromatic rings. The van der Waals surface area contributed by atoms with Gasteiger partial charge in [-0.25, -0.2) is 4.99 Å². The minimum atomic E-state index is -0.263. The van der Waals surface area contributed by atoms with Crippen LogP contribution in [0.5, 0.6) is 0 Å². The molecule has 3 N–H and O–H groups in total. The lowest BCUT2D eigenvalue weighted by atomic mass is 9.73. The summed E-state index contributed by atoms with van der Waals surface area (Å²) in [5.74, 6) is 2.39. The summed E-state index contributed by atoms with van der Waals surface area (Å²) in [5, 5.41) is 25.1. The number of aliphatic imine (C=N–C) groups is 1. The number of aryl methyl sites for hydroxylation is 1. The lowest BCUT2D eigenvalue weighted by molar-refractivity contribution is 0.00397. The van der Waals surface area contributed by atoms with Crippen molar-refractivity contribution in [1.29, 1.82) is 0 Å². The van der Waals surface area contributed by atoms with Crippen LogP contribution in [0.15, 0.2) is 17.6 Å². The molecule has 0 radical (unpaired) electrons. The zero-order valence-electron chi connectivity index (χ0n) is 15.5. The van der Waals surface area contributed by atoms with Crippen LogP contribution in [0.25, 0.3) is 0 Å². The lowest BCUT2D eigenvalue weighted by Crippen LogP contribution is -2.48. The van der Waals surface area contributed by atoms with Gasteiger partial charge < -0.3 is 20.3 Å². The zero-order valence-corrected chi connectivity index (χ0v) is 17.8. The largest absolute Gasteiger partial charge is 0.392 e. The molecule has 1 aromatic heterocycles. The summed E-state index contributed by atoms with van der Waals surface area (Å²) in [6, 6.07) is 0. The minimum Gasteiger partial charge on any atom is -0.392 e. The number of guanidine groups is 1. The van der Waals surface area contributed by atoms with Gasteiger partial charge in [-0.2, -0.15) is 0 Å². The number of halogens is 1. The van der Waals surface area contributed by atoms with Crippen LogP contribution in [-0.2, 0) is 13.6 Å². The number of nitrogens with zero attached hydrogens (tertiary/aromatic N) is 4. The Bertz CT molecular complexity index is 588. The van der Waals surface area contributed by atoms with E-state index in [2.05, 4.69) is 39.3 Å². The normalized spacial score (nSPS) is 23.7. The van der Waals surface area contributed by atoms with Crippen molar-refractivity contribution in [3.8, 4) is 0 Å². The van der Waals surface area contributed by atoms with E-state index in [0.29, 0.717) is 25.6 Å². The maximum absolute atomic E-state index is 10.3. The topological polar surface area (TPSA) is 87.4 Å². The molecular weight excluding hydrogens is 431 g/mol. The Labute approximate surface area is 167 Å². The highest BCUT2D eigenvalue weighted by atomic mass is 127. The maximum atomic E-state index is 10.3. The Balaban J connectivity index is 0.00000312. The Hall–Kier alpha value is -1.16. The van der Waals surface area contributed by atoms with Crippen molar-refractivity contribution in [2.45, 2.75) is 52.2 Å². The summed E-state index contributed by atoms with van der Waals surface area (Å²) in [5.41, 5.74) is -0.115. The molecule has 0 aromatic carbocycles. The first-order valence-corrected chi connectivity index (χ1v) is 8.62. The van der Waals surface area contributed by atoms with Gasteiger partial charge in [-0.05, 0) is 19.8 Å². The number of aliphatic hydroxyl groups is 1. The highest BCUT2D eigenvalue weighted by molar-refractivity contribution is 14.0. The molecule has 2 atom stereocenters. The van der Waals surface area contributed by atoms with Crippen LogP contribution in [-0.4, -0.2) is 45.0 Å². The van der Waals surface area contributed by atoms with E-state index in [1.54, 1.807) is 6.08 Å². The molecular formula is C17H31IN6O. The van der Waals surface area contributed by atoms with Gasteiger partial charge in [-0.3, -0.25) is 0 Å². The highest BCUT2D eigenvalue weighted by Gasteiger charge is 2.35. The van der Waals surface area contributed by atoms with Crippen molar-refractivity contribution in [3.63, 3.8) is 0 Å². The van der Waals surface area contributed by atoms with E-state index >= 15 is 0 Å². The van der Waals surface area contributed by atoms with E-state index in [0.717, 1.165) is 30.9 Å². The number of rotatable bonds is 6. The minimum absolute atomic E-state index is 0. The van der Waals surface area contributed by atoms with Gasteiger partial charge in [0.15, 0.2) is 11.8 Å². The van der Waals surface area contributed by atoms with Crippen LogP contribution >= 0.6 is 24.0 Å². The SMILES string of the molecule is C=CCNC(=NCc1nnc(C)n1C)NCC1(C)CCCCC1O.I. The molecule has 0 amide bonds. The molecule has 0 aliphatic heterocycles. The van der Waals surface area contributed by atoms with Crippen molar-refractivity contribution in [3.05, 3.63) is 24.3 Å². The summed E-state index contributed by atoms with van der Waals surface area (Å²) in [6.07, 6.45) is 5.71. The Kier molecular flexibility index (Phi) is 8.84. The third-order valence-electron chi connectivity index (χ3n) is 4.91. The predicted octanol–water partition coefficient (Wildman–Crippen LogP) is 1.90. The van der Waals surface area contributed by atoms with Crippen molar-refractivity contribution in [2.75, 3.05) is 13.1 Å². The van der Waals surface area contributed by atoms with Crippen LogP contribution in [0, 0.1) is 12.3 Å².